The summed E-state index contributed by atoms with van der Waals surface area (Å²) in [5.41, 5.74) is 6.63. The first-order chi connectivity index (χ1) is 9.27. The summed E-state index contributed by atoms with van der Waals surface area (Å²) in [7, 11) is -0.321. The second kappa shape index (κ2) is 7.06. The van der Waals surface area contributed by atoms with Crippen molar-refractivity contribution in [3.05, 3.63) is 24.3 Å². The highest BCUT2D eigenvalue weighted by Gasteiger charge is 2.17. The predicted molar refractivity (Wildman–Crippen MR) is 83.2 cm³/mol. The van der Waals surface area contributed by atoms with Crippen LogP contribution in [0, 0.1) is 5.92 Å². The Morgan fingerprint density at radius 2 is 1.75 bits per heavy atom. The van der Waals surface area contributed by atoms with Gasteiger partial charge in [0.25, 0.3) is 0 Å². The van der Waals surface area contributed by atoms with E-state index < -0.39 is 10.0 Å². The highest BCUT2D eigenvalue weighted by atomic mass is 32.2. The molecule has 20 heavy (non-hydrogen) atoms. The molecule has 0 saturated carbocycles. The van der Waals surface area contributed by atoms with Crippen molar-refractivity contribution in [1.82, 2.24) is 4.31 Å². The topological polar surface area (TPSA) is 75.4 Å². The molecule has 0 heterocycles. The lowest BCUT2D eigenvalue weighted by atomic mass is 10.0. The molecule has 0 aliphatic heterocycles. The highest BCUT2D eigenvalue weighted by Crippen LogP contribution is 2.18. The summed E-state index contributed by atoms with van der Waals surface area (Å²) in [5.74, 6) is 0.560. The second-order valence-electron chi connectivity index (χ2n) is 5.52. The second-order valence-corrected chi connectivity index (χ2v) is 7.67. The van der Waals surface area contributed by atoms with Crippen LogP contribution in [0.4, 0.5) is 5.69 Å². The van der Waals surface area contributed by atoms with Gasteiger partial charge in [-0.25, -0.2) is 12.7 Å². The zero-order valence-electron chi connectivity index (χ0n) is 12.6. The Morgan fingerprint density at radius 1 is 1.20 bits per heavy atom. The van der Waals surface area contributed by atoms with E-state index in [1.54, 1.807) is 24.3 Å². The van der Waals surface area contributed by atoms with Crippen molar-refractivity contribution in [3.8, 4) is 0 Å². The molecule has 3 N–H and O–H groups in total. The van der Waals surface area contributed by atoms with Crippen molar-refractivity contribution < 1.29 is 8.42 Å². The van der Waals surface area contributed by atoms with Gasteiger partial charge < -0.3 is 11.1 Å². The van der Waals surface area contributed by atoms with E-state index in [9.17, 15) is 8.42 Å². The van der Waals surface area contributed by atoms with E-state index in [0.29, 0.717) is 17.4 Å². The van der Waals surface area contributed by atoms with E-state index in [1.807, 2.05) is 0 Å². The summed E-state index contributed by atoms with van der Waals surface area (Å²) in [6.07, 6.45) is 0.980. The Kier molecular flexibility index (Phi) is 5.98. The van der Waals surface area contributed by atoms with Gasteiger partial charge in [-0.3, -0.25) is 0 Å². The molecule has 0 bridgehead atoms. The van der Waals surface area contributed by atoms with Crippen LogP contribution in [0.15, 0.2) is 29.2 Å². The van der Waals surface area contributed by atoms with E-state index in [1.165, 1.54) is 18.4 Å². The number of nitrogens with two attached hydrogens (primary N) is 1. The van der Waals surface area contributed by atoms with Crippen LogP contribution in [0.1, 0.15) is 20.3 Å². The number of hydrogen-bond acceptors (Lipinski definition) is 4. The third-order valence-corrected chi connectivity index (χ3v) is 4.87. The standard InChI is InChI=1S/C14H25N3O2S/c1-11(2)9-13(10-15)16-12-5-7-14(8-6-12)20(18,19)17(3)4/h5-8,11,13,16H,9-10,15H2,1-4H3. The zero-order chi connectivity index (χ0) is 15.3. The largest absolute Gasteiger partial charge is 0.381 e. The van der Waals surface area contributed by atoms with Crippen LogP contribution < -0.4 is 11.1 Å². The molecule has 0 spiro atoms. The third kappa shape index (κ3) is 4.47. The molecule has 0 aromatic heterocycles. The molecular weight excluding hydrogens is 274 g/mol. The first kappa shape index (κ1) is 16.9. The molecule has 1 rings (SSSR count). The van der Waals surface area contributed by atoms with E-state index in [4.69, 9.17) is 5.73 Å². The van der Waals surface area contributed by atoms with Crippen LogP contribution in [0.2, 0.25) is 0 Å². The predicted octanol–water partition coefficient (Wildman–Crippen LogP) is 1.72. The molecule has 6 heteroatoms. The van der Waals surface area contributed by atoms with Gasteiger partial charge in [-0.1, -0.05) is 13.8 Å². The van der Waals surface area contributed by atoms with Crippen LogP contribution in [-0.4, -0.2) is 39.4 Å². The molecule has 0 fully saturated rings. The lowest BCUT2D eigenvalue weighted by molar-refractivity contribution is 0.520. The Hall–Kier alpha value is -1.11. The van der Waals surface area contributed by atoms with Gasteiger partial charge in [0.1, 0.15) is 0 Å². The molecule has 1 aromatic rings. The number of sulfonamides is 1. The van der Waals surface area contributed by atoms with Crippen molar-refractivity contribution in [1.29, 1.82) is 0 Å². The van der Waals surface area contributed by atoms with Crippen molar-refractivity contribution in [3.63, 3.8) is 0 Å². The van der Waals surface area contributed by atoms with Crippen LogP contribution >= 0.6 is 0 Å². The smallest absolute Gasteiger partial charge is 0.242 e. The van der Waals surface area contributed by atoms with Gasteiger partial charge in [-0.15, -0.1) is 0 Å². The van der Waals surface area contributed by atoms with Crippen molar-refractivity contribution in [2.45, 2.75) is 31.2 Å². The van der Waals surface area contributed by atoms with Gasteiger partial charge in [-0.2, -0.15) is 0 Å². The fraction of sp³-hybridized carbons (Fsp3) is 0.571. The number of nitrogens with zero attached hydrogens (tertiary/aromatic N) is 1. The molecule has 1 aromatic carbocycles. The van der Waals surface area contributed by atoms with Crippen LogP contribution in [0.25, 0.3) is 0 Å². The number of anilines is 1. The van der Waals surface area contributed by atoms with Crippen molar-refractivity contribution in [2.24, 2.45) is 11.7 Å². The summed E-state index contributed by atoms with van der Waals surface area (Å²) >= 11 is 0. The lowest BCUT2D eigenvalue weighted by Crippen LogP contribution is -2.30. The van der Waals surface area contributed by atoms with E-state index in [-0.39, 0.29) is 6.04 Å². The van der Waals surface area contributed by atoms with Crippen molar-refractivity contribution in [2.75, 3.05) is 26.0 Å². The maximum atomic E-state index is 12.0. The van der Waals surface area contributed by atoms with Gasteiger partial charge in [-0.05, 0) is 36.6 Å². The number of rotatable bonds is 7. The molecular formula is C14H25N3O2S. The average molecular weight is 299 g/mol. The highest BCUT2D eigenvalue weighted by molar-refractivity contribution is 7.89. The first-order valence-corrected chi connectivity index (χ1v) is 8.20. The SMILES string of the molecule is CC(C)CC(CN)Nc1ccc(S(=O)(=O)N(C)C)cc1. The zero-order valence-corrected chi connectivity index (χ0v) is 13.4. The van der Waals surface area contributed by atoms with Crippen LogP contribution in [0.3, 0.4) is 0 Å². The summed E-state index contributed by atoms with van der Waals surface area (Å²) in [5, 5.41) is 3.33. The molecule has 0 radical (unpaired) electrons. The number of benzene rings is 1. The molecule has 114 valence electrons. The van der Waals surface area contributed by atoms with Gasteiger partial charge in [0.2, 0.25) is 10.0 Å². The Labute approximate surface area is 122 Å². The fourth-order valence-electron chi connectivity index (χ4n) is 1.95. The quantitative estimate of drug-likeness (QED) is 0.804. The van der Waals surface area contributed by atoms with Gasteiger partial charge in [0, 0.05) is 32.4 Å². The minimum Gasteiger partial charge on any atom is -0.381 e. The fourth-order valence-corrected chi connectivity index (χ4v) is 2.85. The molecule has 1 atom stereocenters. The summed E-state index contributed by atoms with van der Waals surface area (Å²) in [6, 6.07) is 6.98. The van der Waals surface area contributed by atoms with E-state index in [2.05, 4.69) is 19.2 Å². The maximum absolute atomic E-state index is 12.0. The average Bonchev–Trinajstić information content (AvgIpc) is 2.37. The Morgan fingerprint density at radius 3 is 2.15 bits per heavy atom. The molecule has 0 saturated heterocycles. The van der Waals surface area contributed by atoms with E-state index in [0.717, 1.165) is 12.1 Å². The minimum atomic E-state index is -3.37. The van der Waals surface area contributed by atoms with Crippen LogP contribution in [0.5, 0.6) is 0 Å². The summed E-state index contributed by atoms with van der Waals surface area (Å²) in [4.78, 5) is 0.293. The molecule has 0 amide bonds. The number of nitrogens with one attached hydrogen (secondary N) is 1. The summed E-state index contributed by atoms with van der Waals surface area (Å²) in [6.45, 7) is 4.85. The van der Waals surface area contributed by atoms with Gasteiger partial charge in [0.05, 0.1) is 4.90 Å². The lowest BCUT2D eigenvalue weighted by Gasteiger charge is -2.20. The van der Waals surface area contributed by atoms with Gasteiger partial charge in [0.15, 0.2) is 0 Å². The normalized spacial score (nSPS) is 13.8. The molecule has 5 nitrogen and oxygen atoms in total. The van der Waals surface area contributed by atoms with E-state index >= 15 is 0 Å². The third-order valence-electron chi connectivity index (χ3n) is 3.04. The molecule has 0 aliphatic rings. The Bertz CT molecular complexity index is 510. The molecule has 1 unspecified atom stereocenters. The molecule has 0 aliphatic carbocycles. The Balaban J connectivity index is 2.81. The first-order valence-electron chi connectivity index (χ1n) is 6.76. The monoisotopic (exact) mass is 299 g/mol. The van der Waals surface area contributed by atoms with Crippen molar-refractivity contribution >= 4 is 15.7 Å². The minimum absolute atomic E-state index is 0.200. The van der Waals surface area contributed by atoms with Gasteiger partial charge >= 0.3 is 0 Å². The van der Waals surface area contributed by atoms with Crippen LogP contribution in [-0.2, 0) is 10.0 Å². The summed E-state index contributed by atoms with van der Waals surface area (Å²) < 4.78 is 25.1. The number of hydrogen-bond donors (Lipinski definition) is 2. The maximum Gasteiger partial charge on any atom is 0.242 e.